The summed E-state index contributed by atoms with van der Waals surface area (Å²) >= 11 is 1.60. The Balaban J connectivity index is 1.59. The van der Waals surface area contributed by atoms with Gasteiger partial charge in [0.25, 0.3) is 5.56 Å². The highest BCUT2D eigenvalue weighted by Gasteiger charge is 2.37. The lowest BCUT2D eigenvalue weighted by atomic mass is 10.1. The van der Waals surface area contributed by atoms with Gasteiger partial charge in [-0.3, -0.25) is 23.9 Å². The van der Waals surface area contributed by atoms with Gasteiger partial charge in [0.15, 0.2) is 5.69 Å². The fourth-order valence-electron chi connectivity index (χ4n) is 4.09. The molecular formula is C24H25N5O4S. The lowest BCUT2D eigenvalue weighted by Crippen LogP contribution is -2.42. The van der Waals surface area contributed by atoms with E-state index < -0.39 is 23.1 Å². The summed E-state index contributed by atoms with van der Waals surface area (Å²) in [6, 6.07) is 16.7. The number of anilines is 3. The molecule has 176 valence electrons. The van der Waals surface area contributed by atoms with Gasteiger partial charge in [-0.25, -0.2) is 4.79 Å². The average Bonchev–Trinajstić information content (AvgIpc) is 3.23. The maximum atomic E-state index is 13.3. The van der Waals surface area contributed by atoms with Gasteiger partial charge in [0.2, 0.25) is 11.8 Å². The van der Waals surface area contributed by atoms with Crippen LogP contribution in [0.25, 0.3) is 0 Å². The molecule has 2 aromatic carbocycles. The molecule has 0 saturated carbocycles. The molecule has 2 heterocycles. The number of hydrogen-bond acceptors (Lipinski definition) is 6. The predicted octanol–water partition coefficient (Wildman–Crippen LogP) is 1.90. The minimum absolute atomic E-state index is 0.0227. The number of carbonyl (C=O) groups excluding carboxylic acids is 2. The number of aromatic amines is 1. The van der Waals surface area contributed by atoms with Crippen molar-refractivity contribution >= 4 is 40.8 Å². The summed E-state index contributed by atoms with van der Waals surface area (Å²) in [5, 5.41) is 0. The standard InChI is InChI=1S/C24H25N5O4S/c1-27(20-21(25)29(24(33)26-22(20)31)13-15-6-4-3-5-7-15)23(32)16-12-19(30)28(14-16)17-8-10-18(34-2)11-9-17/h3-11,16H,12-14,25H2,1-2H3,(H,26,31,33). The first-order valence-corrected chi connectivity index (χ1v) is 11.9. The number of rotatable bonds is 6. The highest BCUT2D eigenvalue weighted by atomic mass is 32.2. The molecule has 0 spiro atoms. The van der Waals surface area contributed by atoms with Gasteiger partial charge in [0, 0.05) is 30.6 Å². The van der Waals surface area contributed by atoms with E-state index in [1.807, 2.05) is 60.9 Å². The number of hydrogen-bond donors (Lipinski definition) is 2. The van der Waals surface area contributed by atoms with Crippen LogP contribution in [0.1, 0.15) is 12.0 Å². The zero-order valence-corrected chi connectivity index (χ0v) is 19.7. The zero-order valence-electron chi connectivity index (χ0n) is 18.9. The molecule has 1 fully saturated rings. The third-order valence-electron chi connectivity index (χ3n) is 5.92. The van der Waals surface area contributed by atoms with E-state index in [1.165, 1.54) is 11.6 Å². The topological polar surface area (TPSA) is 122 Å². The summed E-state index contributed by atoms with van der Waals surface area (Å²) in [6.07, 6.45) is 1.99. The highest BCUT2D eigenvalue weighted by molar-refractivity contribution is 7.98. The second-order valence-electron chi connectivity index (χ2n) is 8.07. The van der Waals surface area contributed by atoms with Gasteiger partial charge in [-0.1, -0.05) is 30.3 Å². The molecule has 9 nitrogen and oxygen atoms in total. The van der Waals surface area contributed by atoms with Gasteiger partial charge in [-0.05, 0) is 36.1 Å². The fourth-order valence-corrected chi connectivity index (χ4v) is 4.50. The Kier molecular flexibility index (Phi) is 6.60. The molecular weight excluding hydrogens is 454 g/mol. The summed E-state index contributed by atoms with van der Waals surface area (Å²) in [5.41, 5.74) is 6.21. The monoisotopic (exact) mass is 479 g/mol. The van der Waals surface area contributed by atoms with Gasteiger partial charge >= 0.3 is 5.69 Å². The number of nitrogens with zero attached hydrogens (tertiary/aromatic N) is 3. The van der Waals surface area contributed by atoms with E-state index in [9.17, 15) is 19.2 Å². The lowest BCUT2D eigenvalue weighted by Gasteiger charge is -2.23. The number of aromatic nitrogens is 2. The van der Waals surface area contributed by atoms with Gasteiger partial charge in [0.1, 0.15) is 5.82 Å². The second kappa shape index (κ2) is 9.60. The number of thioether (sulfide) groups is 1. The smallest absolute Gasteiger partial charge is 0.330 e. The van der Waals surface area contributed by atoms with Crippen LogP contribution < -0.4 is 26.8 Å². The molecule has 0 aliphatic carbocycles. The van der Waals surface area contributed by atoms with Gasteiger partial charge in [-0.2, -0.15) is 0 Å². The van der Waals surface area contributed by atoms with Gasteiger partial charge in [-0.15, -0.1) is 11.8 Å². The third-order valence-corrected chi connectivity index (χ3v) is 6.67. The van der Waals surface area contributed by atoms with Crippen LogP contribution in [0.15, 0.2) is 69.1 Å². The quantitative estimate of drug-likeness (QED) is 0.521. The summed E-state index contributed by atoms with van der Waals surface area (Å²) < 4.78 is 1.22. The Morgan fingerprint density at radius 2 is 1.79 bits per heavy atom. The molecule has 4 rings (SSSR count). The van der Waals surface area contributed by atoms with Crippen molar-refractivity contribution in [3.8, 4) is 0 Å². The van der Waals surface area contributed by atoms with E-state index in [-0.39, 0.29) is 36.9 Å². The maximum Gasteiger partial charge on any atom is 0.330 e. The number of nitrogens with two attached hydrogens (primary N) is 1. The Hall–Kier alpha value is -3.79. The van der Waals surface area contributed by atoms with Crippen molar-refractivity contribution in [2.24, 2.45) is 5.92 Å². The molecule has 0 radical (unpaired) electrons. The Morgan fingerprint density at radius 1 is 1.12 bits per heavy atom. The van der Waals surface area contributed by atoms with Crippen LogP contribution in [0.5, 0.6) is 0 Å². The molecule has 1 aliphatic rings. The minimum atomic E-state index is -0.753. The van der Waals surface area contributed by atoms with E-state index in [4.69, 9.17) is 5.73 Å². The van der Waals surface area contributed by atoms with E-state index in [0.29, 0.717) is 0 Å². The van der Waals surface area contributed by atoms with Crippen LogP contribution in [0.3, 0.4) is 0 Å². The number of nitrogen functional groups attached to an aromatic ring is 1. The third kappa shape index (κ3) is 4.49. The number of carbonyl (C=O) groups is 2. The second-order valence-corrected chi connectivity index (χ2v) is 8.95. The molecule has 1 saturated heterocycles. The molecule has 2 amide bonds. The van der Waals surface area contributed by atoms with Crippen LogP contribution >= 0.6 is 11.8 Å². The molecule has 1 unspecified atom stereocenters. The molecule has 34 heavy (non-hydrogen) atoms. The normalized spacial score (nSPS) is 15.5. The van der Waals surface area contributed by atoms with Crippen LogP contribution in [0.2, 0.25) is 0 Å². The Bertz CT molecular complexity index is 1330. The van der Waals surface area contributed by atoms with Crippen molar-refractivity contribution in [1.29, 1.82) is 0 Å². The van der Waals surface area contributed by atoms with E-state index >= 15 is 0 Å². The highest BCUT2D eigenvalue weighted by Crippen LogP contribution is 2.29. The van der Waals surface area contributed by atoms with Crippen molar-refractivity contribution in [3.05, 3.63) is 81.0 Å². The molecule has 1 aromatic heterocycles. The van der Waals surface area contributed by atoms with Gasteiger partial charge in [0.05, 0.1) is 12.5 Å². The first-order chi connectivity index (χ1) is 16.3. The minimum Gasteiger partial charge on any atom is -0.383 e. The Morgan fingerprint density at radius 3 is 2.44 bits per heavy atom. The number of nitrogens with one attached hydrogen (secondary N) is 1. The van der Waals surface area contributed by atoms with E-state index in [1.54, 1.807) is 16.7 Å². The maximum absolute atomic E-state index is 13.3. The van der Waals surface area contributed by atoms with Crippen LogP contribution in [0.4, 0.5) is 17.2 Å². The molecule has 3 N–H and O–H groups in total. The van der Waals surface area contributed by atoms with E-state index in [0.717, 1.165) is 21.0 Å². The first-order valence-electron chi connectivity index (χ1n) is 10.7. The average molecular weight is 480 g/mol. The SMILES string of the molecule is CSc1ccc(N2CC(C(=O)N(C)c3c(N)n(Cc4ccccc4)c(=O)[nH]c3=O)CC2=O)cc1. The largest absolute Gasteiger partial charge is 0.383 e. The molecule has 10 heteroatoms. The summed E-state index contributed by atoms with van der Waals surface area (Å²) in [6.45, 7) is 0.334. The molecule has 1 aliphatic heterocycles. The van der Waals surface area contributed by atoms with Crippen molar-refractivity contribution in [2.45, 2.75) is 17.9 Å². The number of benzene rings is 2. The number of amides is 2. The van der Waals surface area contributed by atoms with Crippen molar-refractivity contribution in [3.63, 3.8) is 0 Å². The summed E-state index contributed by atoms with van der Waals surface area (Å²) in [4.78, 5) is 57.0. The summed E-state index contributed by atoms with van der Waals surface area (Å²) in [5.74, 6) is -1.34. The van der Waals surface area contributed by atoms with Crippen molar-refractivity contribution in [1.82, 2.24) is 9.55 Å². The number of H-pyrrole nitrogens is 1. The molecule has 1 atom stereocenters. The molecule has 0 bridgehead atoms. The van der Waals surface area contributed by atoms with Gasteiger partial charge < -0.3 is 15.5 Å². The van der Waals surface area contributed by atoms with Crippen LogP contribution in [-0.4, -0.2) is 41.2 Å². The first kappa shape index (κ1) is 23.4. The van der Waals surface area contributed by atoms with Crippen molar-refractivity contribution < 1.29 is 9.59 Å². The van der Waals surface area contributed by atoms with Crippen LogP contribution in [-0.2, 0) is 16.1 Å². The van der Waals surface area contributed by atoms with Crippen molar-refractivity contribution in [2.75, 3.05) is 35.4 Å². The Labute approximate surface area is 200 Å². The fraction of sp³-hybridized carbons (Fsp3) is 0.250. The lowest BCUT2D eigenvalue weighted by molar-refractivity contribution is -0.124. The van der Waals surface area contributed by atoms with E-state index in [2.05, 4.69) is 4.98 Å². The van der Waals surface area contributed by atoms with Crippen LogP contribution in [0, 0.1) is 5.92 Å². The molecule has 3 aromatic rings. The predicted molar refractivity (Wildman–Crippen MR) is 133 cm³/mol. The summed E-state index contributed by atoms with van der Waals surface area (Å²) in [7, 11) is 1.43. The zero-order chi connectivity index (χ0) is 24.4.